The molecule has 0 saturated carbocycles. The number of nitrogen functional groups attached to an aromatic ring is 1. The predicted octanol–water partition coefficient (Wildman–Crippen LogP) is 4.19. The van der Waals surface area contributed by atoms with Gasteiger partial charge in [0.2, 0.25) is 0 Å². The number of hydrogen-bond acceptors (Lipinski definition) is 2. The van der Waals surface area contributed by atoms with Crippen LogP contribution >= 0.6 is 0 Å². The van der Waals surface area contributed by atoms with E-state index >= 15 is 0 Å². The molecule has 20 heavy (non-hydrogen) atoms. The van der Waals surface area contributed by atoms with Crippen LogP contribution in [0.15, 0.2) is 36.4 Å². The first-order chi connectivity index (χ1) is 9.38. The predicted molar refractivity (Wildman–Crippen MR) is 88.7 cm³/mol. The molecule has 3 N–H and O–H groups in total. The van der Waals surface area contributed by atoms with Crippen molar-refractivity contribution in [3.8, 4) is 0 Å². The highest BCUT2D eigenvalue weighted by Crippen LogP contribution is 2.25. The smallest absolute Gasteiger partial charge is 0.0366 e. The van der Waals surface area contributed by atoms with Gasteiger partial charge in [-0.05, 0) is 46.3 Å². The van der Waals surface area contributed by atoms with Gasteiger partial charge in [-0.1, -0.05) is 52.0 Å². The van der Waals surface area contributed by atoms with Crippen LogP contribution in [0.3, 0.4) is 0 Å². The number of nitrogens with two attached hydrogens (primary N) is 1. The first-order valence-electron chi connectivity index (χ1n) is 7.36. The number of hydrogen-bond donors (Lipinski definition) is 2. The van der Waals surface area contributed by atoms with E-state index in [9.17, 15) is 0 Å². The van der Waals surface area contributed by atoms with Crippen molar-refractivity contribution in [2.75, 3.05) is 12.3 Å². The summed E-state index contributed by atoms with van der Waals surface area (Å²) in [5.41, 5.74) is 8.54. The van der Waals surface area contributed by atoms with Crippen LogP contribution in [0.5, 0.6) is 0 Å². The van der Waals surface area contributed by atoms with Gasteiger partial charge in [0.05, 0.1) is 0 Å². The van der Waals surface area contributed by atoms with Crippen LogP contribution in [0, 0.1) is 11.3 Å². The maximum atomic E-state index is 6.15. The molecular weight excluding hydrogens is 244 g/mol. The first kappa shape index (κ1) is 14.9. The maximum absolute atomic E-state index is 6.15. The van der Waals surface area contributed by atoms with Crippen molar-refractivity contribution in [2.45, 2.75) is 34.2 Å². The summed E-state index contributed by atoms with van der Waals surface area (Å²) in [6.07, 6.45) is 0. The third kappa shape index (κ3) is 3.51. The van der Waals surface area contributed by atoms with E-state index in [1.807, 2.05) is 6.07 Å². The lowest BCUT2D eigenvalue weighted by molar-refractivity contribution is 0.252. The van der Waals surface area contributed by atoms with Crippen LogP contribution in [-0.2, 0) is 6.54 Å². The van der Waals surface area contributed by atoms with E-state index in [2.05, 4.69) is 63.3 Å². The van der Waals surface area contributed by atoms with Gasteiger partial charge >= 0.3 is 0 Å². The van der Waals surface area contributed by atoms with Crippen LogP contribution in [0.4, 0.5) is 5.69 Å². The van der Waals surface area contributed by atoms with E-state index in [0.717, 1.165) is 18.8 Å². The zero-order valence-corrected chi connectivity index (χ0v) is 13.0. The monoisotopic (exact) mass is 270 g/mol. The van der Waals surface area contributed by atoms with Crippen molar-refractivity contribution in [3.05, 3.63) is 42.0 Å². The second-order valence-electron chi connectivity index (χ2n) is 6.80. The third-order valence-corrected chi connectivity index (χ3v) is 4.25. The fourth-order valence-corrected chi connectivity index (χ4v) is 2.19. The van der Waals surface area contributed by atoms with Crippen LogP contribution in [0.25, 0.3) is 10.8 Å². The molecule has 108 valence electrons. The number of nitrogens with one attached hydrogen (secondary N) is 1. The summed E-state index contributed by atoms with van der Waals surface area (Å²) in [5, 5.41) is 5.99. The Morgan fingerprint density at radius 3 is 2.30 bits per heavy atom. The quantitative estimate of drug-likeness (QED) is 0.817. The van der Waals surface area contributed by atoms with E-state index in [-0.39, 0.29) is 0 Å². The van der Waals surface area contributed by atoms with E-state index in [4.69, 9.17) is 5.73 Å². The fourth-order valence-electron chi connectivity index (χ4n) is 2.19. The Hall–Kier alpha value is -1.54. The number of fused-ring (bicyclic) bond motifs is 1. The normalized spacial score (nSPS) is 13.6. The van der Waals surface area contributed by atoms with Crippen LogP contribution in [-0.4, -0.2) is 6.54 Å². The Kier molecular flexibility index (Phi) is 4.34. The molecule has 0 radical (unpaired) electrons. The minimum Gasteiger partial charge on any atom is -0.398 e. The minimum atomic E-state index is 0.335. The van der Waals surface area contributed by atoms with Gasteiger partial charge in [-0.2, -0.15) is 0 Å². The van der Waals surface area contributed by atoms with Crippen molar-refractivity contribution >= 4 is 16.5 Å². The van der Waals surface area contributed by atoms with E-state index in [1.165, 1.54) is 16.3 Å². The second kappa shape index (κ2) is 5.84. The van der Waals surface area contributed by atoms with Crippen molar-refractivity contribution < 1.29 is 0 Å². The highest BCUT2D eigenvalue weighted by atomic mass is 14.9. The zero-order valence-electron chi connectivity index (χ0n) is 13.0. The summed E-state index contributed by atoms with van der Waals surface area (Å²) >= 11 is 0. The average Bonchev–Trinajstić information content (AvgIpc) is 2.38. The summed E-state index contributed by atoms with van der Waals surface area (Å²) in [6, 6.07) is 12.6. The fraction of sp³-hybridized carbons (Fsp3) is 0.444. The van der Waals surface area contributed by atoms with Gasteiger partial charge in [-0.15, -0.1) is 0 Å². The van der Waals surface area contributed by atoms with Gasteiger partial charge in [0, 0.05) is 12.2 Å². The van der Waals surface area contributed by atoms with Crippen molar-refractivity contribution in [1.82, 2.24) is 5.32 Å². The molecule has 0 aromatic heterocycles. The lowest BCUT2D eigenvalue weighted by Crippen LogP contribution is -2.29. The Morgan fingerprint density at radius 1 is 1.10 bits per heavy atom. The van der Waals surface area contributed by atoms with Crippen molar-refractivity contribution in [3.63, 3.8) is 0 Å². The molecule has 0 aliphatic carbocycles. The summed E-state index contributed by atoms with van der Waals surface area (Å²) in [5.74, 6) is 0.629. The summed E-state index contributed by atoms with van der Waals surface area (Å²) in [7, 11) is 0. The van der Waals surface area contributed by atoms with Crippen LogP contribution in [0.1, 0.15) is 33.3 Å². The van der Waals surface area contributed by atoms with Gasteiger partial charge in [0.15, 0.2) is 0 Å². The average molecular weight is 270 g/mol. The SMILES string of the molecule is CC(CNCc1cc2ccccc2cc1N)C(C)(C)C. The molecule has 1 unspecified atom stereocenters. The lowest BCUT2D eigenvalue weighted by Gasteiger charge is -2.27. The standard InChI is InChI=1S/C18H26N2/c1-13(18(2,3)4)11-20-12-16-9-14-7-5-6-8-15(14)10-17(16)19/h5-10,13,20H,11-12,19H2,1-4H3. The molecule has 0 saturated heterocycles. The topological polar surface area (TPSA) is 38.0 Å². The highest BCUT2D eigenvalue weighted by Gasteiger charge is 2.19. The molecule has 2 nitrogen and oxygen atoms in total. The Balaban J connectivity index is 2.05. The third-order valence-electron chi connectivity index (χ3n) is 4.25. The number of rotatable bonds is 4. The summed E-state index contributed by atoms with van der Waals surface area (Å²) in [4.78, 5) is 0. The minimum absolute atomic E-state index is 0.335. The van der Waals surface area contributed by atoms with Crippen LogP contribution in [0.2, 0.25) is 0 Å². The molecule has 0 spiro atoms. The molecular formula is C18H26N2. The molecule has 0 heterocycles. The molecule has 0 aliphatic rings. The van der Waals surface area contributed by atoms with Crippen molar-refractivity contribution in [2.24, 2.45) is 11.3 Å². The van der Waals surface area contributed by atoms with E-state index in [1.54, 1.807) is 0 Å². The largest absolute Gasteiger partial charge is 0.398 e. The molecule has 0 aliphatic heterocycles. The maximum Gasteiger partial charge on any atom is 0.0366 e. The first-order valence-corrected chi connectivity index (χ1v) is 7.36. The van der Waals surface area contributed by atoms with Gasteiger partial charge < -0.3 is 11.1 Å². The molecule has 1 atom stereocenters. The molecule has 2 aromatic rings. The Morgan fingerprint density at radius 2 is 1.70 bits per heavy atom. The molecule has 2 aromatic carbocycles. The van der Waals surface area contributed by atoms with E-state index < -0.39 is 0 Å². The Bertz CT molecular complexity index is 581. The van der Waals surface area contributed by atoms with Gasteiger partial charge in [0.25, 0.3) is 0 Å². The molecule has 2 heteroatoms. The zero-order chi connectivity index (χ0) is 14.8. The molecule has 0 bridgehead atoms. The number of anilines is 1. The van der Waals surface area contributed by atoms with Gasteiger partial charge in [-0.25, -0.2) is 0 Å². The Labute approximate surface area is 122 Å². The molecule has 2 rings (SSSR count). The van der Waals surface area contributed by atoms with E-state index in [0.29, 0.717) is 11.3 Å². The second-order valence-corrected chi connectivity index (χ2v) is 6.80. The summed E-state index contributed by atoms with van der Waals surface area (Å²) < 4.78 is 0. The molecule has 0 fully saturated rings. The summed E-state index contributed by atoms with van der Waals surface area (Å²) in [6.45, 7) is 11.0. The molecule has 0 amide bonds. The number of benzene rings is 2. The van der Waals surface area contributed by atoms with Gasteiger partial charge in [0.1, 0.15) is 0 Å². The van der Waals surface area contributed by atoms with Crippen LogP contribution < -0.4 is 11.1 Å². The van der Waals surface area contributed by atoms with Gasteiger partial charge in [-0.3, -0.25) is 0 Å². The lowest BCUT2D eigenvalue weighted by atomic mass is 9.82. The highest BCUT2D eigenvalue weighted by molar-refractivity contribution is 5.86. The van der Waals surface area contributed by atoms with Crippen molar-refractivity contribution in [1.29, 1.82) is 0 Å².